The molecule has 1 aromatic carbocycles. The Kier molecular flexibility index (Phi) is 4.97. The summed E-state index contributed by atoms with van der Waals surface area (Å²) in [6.45, 7) is 3.10. The Hall–Kier alpha value is -3.34. The molecule has 4 rings (SSSR count). The number of nitrogen functional groups attached to an aromatic ring is 1. The molecule has 0 bridgehead atoms. The van der Waals surface area contributed by atoms with Crippen molar-refractivity contribution in [2.75, 3.05) is 42.3 Å². The maximum absolute atomic E-state index is 12.7. The summed E-state index contributed by atoms with van der Waals surface area (Å²) >= 11 is 0. The number of alkyl halides is 3. The van der Waals surface area contributed by atoms with E-state index < -0.39 is 11.7 Å². The molecular weight excluding hydrogens is 387 g/mol. The monoisotopic (exact) mass is 405 g/mol. The van der Waals surface area contributed by atoms with E-state index in [-0.39, 0.29) is 17.7 Å². The summed E-state index contributed by atoms with van der Waals surface area (Å²) in [5.41, 5.74) is 6.83. The van der Waals surface area contributed by atoms with E-state index in [1.165, 1.54) is 10.7 Å². The molecule has 0 aliphatic carbocycles. The van der Waals surface area contributed by atoms with Crippen LogP contribution >= 0.6 is 0 Å². The van der Waals surface area contributed by atoms with Crippen LogP contribution in [0.5, 0.6) is 0 Å². The third-order valence-electron chi connectivity index (χ3n) is 4.42. The first kappa shape index (κ1) is 19.0. The van der Waals surface area contributed by atoms with E-state index in [1.807, 2.05) is 24.3 Å². The van der Waals surface area contributed by atoms with Crippen molar-refractivity contribution in [2.45, 2.75) is 6.18 Å². The Labute approximate surface area is 164 Å². The van der Waals surface area contributed by atoms with Gasteiger partial charge in [0.25, 0.3) is 0 Å². The van der Waals surface area contributed by atoms with E-state index in [4.69, 9.17) is 10.5 Å². The second kappa shape index (κ2) is 7.59. The molecule has 2 aromatic heterocycles. The lowest BCUT2D eigenvalue weighted by molar-refractivity contribution is -0.137. The number of pyridine rings is 1. The number of hydrogen-bond acceptors (Lipinski definition) is 7. The number of benzene rings is 1. The van der Waals surface area contributed by atoms with Crippen LogP contribution in [0.4, 0.5) is 36.4 Å². The van der Waals surface area contributed by atoms with Crippen molar-refractivity contribution in [1.82, 2.24) is 19.7 Å². The minimum atomic E-state index is -4.46. The quantitative estimate of drug-likeness (QED) is 0.689. The van der Waals surface area contributed by atoms with Crippen LogP contribution in [-0.2, 0) is 10.9 Å². The Morgan fingerprint density at radius 1 is 1.03 bits per heavy atom. The third-order valence-corrected chi connectivity index (χ3v) is 4.42. The Morgan fingerprint density at radius 3 is 2.38 bits per heavy atom. The Bertz CT molecular complexity index is 965. The number of halogens is 3. The van der Waals surface area contributed by atoms with Crippen LogP contribution in [0, 0.1) is 0 Å². The fourth-order valence-corrected chi connectivity index (χ4v) is 2.93. The molecule has 8 nitrogen and oxygen atoms in total. The van der Waals surface area contributed by atoms with E-state index in [2.05, 4.69) is 25.3 Å². The first-order chi connectivity index (χ1) is 13.9. The average Bonchev–Trinajstić information content (AvgIpc) is 3.09. The zero-order chi connectivity index (χ0) is 20.4. The maximum atomic E-state index is 12.7. The van der Waals surface area contributed by atoms with Crippen molar-refractivity contribution in [1.29, 1.82) is 0 Å². The van der Waals surface area contributed by atoms with Gasteiger partial charge >= 0.3 is 6.18 Å². The molecule has 0 radical (unpaired) electrons. The number of ether oxygens (including phenoxy) is 1. The number of rotatable bonds is 4. The van der Waals surface area contributed by atoms with Gasteiger partial charge in [-0.1, -0.05) is 0 Å². The van der Waals surface area contributed by atoms with Gasteiger partial charge in [0.1, 0.15) is 0 Å². The molecule has 3 heterocycles. The summed E-state index contributed by atoms with van der Waals surface area (Å²) in [7, 11) is 0. The summed E-state index contributed by atoms with van der Waals surface area (Å²) in [5.74, 6) is 0.353. The van der Waals surface area contributed by atoms with Crippen molar-refractivity contribution >= 4 is 23.3 Å². The standard InChI is InChI=1S/C18H18F3N7O/c19-18(20,21)12-1-6-15(23-11-12)28-16(22)25-17(26-28)24-13-2-4-14(5-3-13)27-7-9-29-10-8-27/h1-6,11H,7-10H2,(H3,22,24,25,26). The number of nitrogens with two attached hydrogens (primary N) is 1. The molecule has 152 valence electrons. The molecule has 1 fully saturated rings. The van der Waals surface area contributed by atoms with E-state index in [1.54, 1.807) is 0 Å². The van der Waals surface area contributed by atoms with Crippen molar-refractivity contribution in [3.05, 3.63) is 48.2 Å². The van der Waals surface area contributed by atoms with Gasteiger partial charge in [0, 0.05) is 30.7 Å². The maximum Gasteiger partial charge on any atom is 0.417 e. The molecule has 3 N–H and O–H groups in total. The van der Waals surface area contributed by atoms with E-state index in [0.29, 0.717) is 13.2 Å². The van der Waals surface area contributed by atoms with Crippen LogP contribution in [0.25, 0.3) is 5.82 Å². The zero-order valence-corrected chi connectivity index (χ0v) is 15.2. The van der Waals surface area contributed by atoms with Crippen LogP contribution in [-0.4, -0.2) is 46.1 Å². The molecule has 3 aromatic rings. The van der Waals surface area contributed by atoms with Crippen LogP contribution in [0.2, 0.25) is 0 Å². The predicted molar refractivity (Wildman–Crippen MR) is 101 cm³/mol. The highest BCUT2D eigenvalue weighted by Crippen LogP contribution is 2.29. The molecule has 0 atom stereocenters. The van der Waals surface area contributed by atoms with Gasteiger partial charge in [-0.05, 0) is 36.4 Å². The Morgan fingerprint density at radius 2 is 1.76 bits per heavy atom. The van der Waals surface area contributed by atoms with E-state index in [9.17, 15) is 13.2 Å². The molecule has 0 spiro atoms. The predicted octanol–water partition coefficient (Wildman–Crippen LogP) is 2.84. The van der Waals surface area contributed by atoms with Crippen LogP contribution in [0.3, 0.4) is 0 Å². The molecule has 29 heavy (non-hydrogen) atoms. The van der Waals surface area contributed by atoms with Crippen LogP contribution in [0.1, 0.15) is 5.56 Å². The molecule has 0 unspecified atom stereocenters. The summed E-state index contributed by atoms with van der Waals surface area (Å²) in [6, 6.07) is 9.84. The average molecular weight is 405 g/mol. The summed E-state index contributed by atoms with van der Waals surface area (Å²) in [6.07, 6.45) is -3.73. The van der Waals surface area contributed by atoms with Gasteiger partial charge in [-0.15, -0.1) is 5.10 Å². The summed E-state index contributed by atoms with van der Waals surface area (Å²) in [5, 5.41) is 7.20. The molecule has 1 saturated heterocycles. The van der Waals surface area contributed by atoms with Crippen LogP contribution < -0.4 is 16.0 Å². The third kappa shape index (κ3) is 4.24. The molecular formula is C18H18F3N7O. The van der Waals surface area contributed by atoms with Crippen molar-refractivity contribution in [2.24, 2.45) is 0 Å². The largest absolute Gasteiger partial charge is 0.417 e. The highest BCUT2D eigenvalue weighted by atomic mass is 19.4. The van der Waals surface area contributed by atoms with Crippen molar-refractivity contribution in [3.8, 4) is 5.82 Å². The second-order valence-corrected chi connectivity index (χ2v) is 6.38. The Balaban J connectivity index is 1.48. The molecule has 1 aliphatic heterocycles. The molecule has 0 amide bonds. The smallest absolute Gasteiger partial charge is 0.378 e. The van der Waals surface area contributed by atoms with Gasteiger partial charge in [0.2, 0.25) is 11.9 Å². The number of nitrogens with one attached hydrogen (secondary N) is 1. The van der Waals surface area contributed by atoms with Crippen molar-refractivity contribution < 1.29 is 17.9 Å². The lowest BCUT2D eigenvalue weighted by Crippen LogP contribution is -2.36. The lowest BCUT2D eigenvalue weighted by atomic mass is 10.2. The highest BCUT2D eigenvalue weighted by molar-refractivity contribution is 5.60. The summed E-state index contributed by atoms with van der Waals surface area (Å²) in [4.78, 5) is 10.1. The fourth-order valence-electron chi connectivity index (χ4n) is 2.93. The summed E-state index contributed by atoms with van der Waals surface area (Å²) < 4.78 is 44.6. The first-order valence-corrected chi connectivity index (χ1v) is 8.86. The fraction of sp³-hybridized carbons (Fsp3) is 0.278. The molecule has 11 heteroatoms. The number of aromatic nitrogens is 4. The van der Waals surface area contributed by atoms with E-state index >= 15 is 0 Å². The lowest BCUT2D eigenvalue weighted by Gasteiger charge is -2.28. The molecule has 1 aliphatic rings. The number of morpholine rings is 1. The van der Waals surface area contributed by atoms with Crippen molar-refractivity contribution in [3.63, 3.8) is 0 Å². The number of hydrogen-bond donors (Lipinski definition) is 2. The minimum absolute atomic E-state index is 0.00435. The first-order valence-electron chi connectivity index (χ1n) is 8.86. The minimum Gasteiger partial charge on any atom is -0.378 e. The zero-order valence-electron chi connectivity index (χ0n) is 15.2. The second-order valence-electron chi connectivity index (χ2n) is 6.38. The van der Waals surface area contributed by atoms with Gasteiger partial charge in [-0.2, -0.15) is 22.8 Å². The van der Waals surface area contributed by atoms with Gasteiger partial charge < -0.3 is 20.7 Å². The van der Waals surface area contributed by atoms with Crippen LogP contribution in [0.15, 0.2) is 42.6 Å². The SMILES string of the molecule is Nc1nc(Nc2ccc(N3CCOCC3)cc2)nn1-c1ccc(C(F)(F)F)cn1. The topological polar surface area (TPSA) is 94.1 Å². The number of nitrogens with zero attached hydrogens (tertiary/aromatic N) is 5. The number of anilines is 4. The van der Waals surface area contributed by atoms with Gasteiger partial charge in [-0.3, -0.25) is 0 Å². The molecule has 0 saturated carbocycles. The normalized spacial score (nSPS) is 14.8. The van der Waals surface area contributed by atoms with Gasteiger partial charge in [-0.25, -0.2) is 4.98 Å². The highest BCUT2D eigenvalue weighted by Gasteiger charge is 2.30. The van der Waals surface area contributed by atoms with Gasteiger partial charge in [0.15, 0.2) is 5.82 Å². The van der Waals surface area contributed by atoms with E-state index in [0.717, 1.165) is 36.7 Å². The van der Waals surface area contributed by atoms with Gasteiger partial charge in [0.05, 0.1) is 18.8 Å².